The van der Waals surface area contributed by atoms with Crippen LogP contribution in [-0.4, -0.2) is 47.8 Å². The molecule has 1 aromatic rings. The Balaban J connectivity index is 2.38. The van der Waals surface area contributed by atoms with Gasteiger partial charge in [-0.1, -0.05) is 13.0 Å². The van der Waals surface area contributed by atoms with Gasteiger partial charge < -0.3 is 19.8 Å². The summed E-state index contributed by atoms with van der Waals surface area (Å²) >= 11 is 0. The summed E-state index contributed by atoms with van der Waals surface area (Å²) < 4.78 is 5.04. The van der Waals surface area contributed by atoms with Gasteiger partial charge in [-0.25, -0.2) is 0 Å². The first-order chi connectivity index (χ1) is 9.42. The van der Waals surface area contributed by atoms with E-state index in [-0.39, 0.29) is 11.7 Å². The third-order valence-electron chi connectivity index (χ3n) is 4.47. The Hall–Kier alpha value is -1.75. The molecule has 0 bridgehead atoms. The molecule has 0 saturated carbocycles. The lowest BCUT2D eigenvalue weighted by Crippen LogP contribution is -2.36. The number of hydrogen-bond acceptors (Lipinski definition) is 4. The zero-order valence-electron chi connectivity index (χ0n) is 12.0. The molecule has 1 heterocycles. The number of methoxy groups -OCH3 is 1. The Morgan fingerprint density at radius 2 is 2.25 bits per heavy atom. The zero-order chi connectivity index (χ0) is 14.9. The van der Waals surface area contributed by atoms with E-state index >= 15 is 0 Å². The molecule has 1 fully saturated rings. The Morgan fingerprint density at radius 3 is 2.75 bits per heavy atom. The fourth-order valence-corrected chi connectivity index (χ4v) is 2.97. The van der Waals surface area contributed by atoms with Gasteiger partial charge in [0.25, 0.3) is 0 Å². The highest BCUT2D eigenvalue weighted by molar-refractivity contribution is 5.50. The highest BCUT2D eigenvalue weighted by atomic mass is 16.5. The number of aliphatic hydroxyl groups excluding tert-OH is 1. The van der Waals surface area contributed by atoms with Crippen LogP contribution in [-0.2, 0) is 4.79 Å². The van der Waals surface area contributed by atoms with Gasteiger partial charge in [-0.15, -0.1) is 0 Å². The van der Waals surface area contributed by atoms with Crippen molar-refractivity contribution in [3.8, 4) is 11.5 Å². The van der Waals surface area contributed by atoms with Crippen molar-refractivity contribution in [2.24, 2.45) is 5.41 Å². The smallest absolute Gasteiger partial charge is 0.209 e. The highest BCUT2D eigenvalue weighted by Crippen LogP contribution is 2.46. The van der Waals surface area contributed by atoms with Gasteiger partial charge in [0, 0.05) is 24.4 Å². The normalized spacial score (nSPS) is 27.4. The van der Waals surface area contributed by atoms with E-state index in [1.807, 2.05) is 13.0 Å². The van der Waals surface area contributed by atoms with Crippen LogP contribution in [0.15, 0.2) is 18.2 Å². The van der Waals surface area contributed by atoms with Crippen LogP contribution in [0.4, 0.5) is 0 Å². The number of likely N-dealkylation sites (tertiary alicyclic amines) is 1. The molecule has 1 amide bonds. The van der Waals surface area contributed by atoms with Gasteiger partial charge in [0.05, 0.1) is 13.2 Å². The highest BCUT2D eigenvalue weighted by Gasteiger charge is 2.46. The number of rotatable bonds is 4. The number of phenolic OH excluding ortho intramolecular Hbond substituents is 1. The maximum atomic E-state index is 11.0. The number of hydrogen-bond donors (Lipinski definition) is 2. The van der Waals surface area contributed by atoms with Crippen molar-refractivity contribution in [2.45, 2.75) is 25.9 Å². The lowest BCUT2D eigenvalue weighted by Gasteiger charge is -2.33. The van der Waals surface area contributed by atoms with E-state index in [9.17, 15) is 15.0 Å². The molecule has 2 N–H and O–H groups in total. The van der Waals surface area contributed by atoms with Gasteiger partial charge in [0.1, 0.15) is 0 Å². The molecule has 1 saturated heterocycles. The second kappa shape index (κ2) is 5.32. The third kappa shape index (κ3) is 2.33. The Labute approximate surface area is 118 Å². The van der Waals surface area contributed by atoms with E-state index in [1.54, 1.807) is 24.0 Å². The molecule has 0 aromatic heterocycles. The van der Waals surface area contributed by atoms with Gasteiger partial charge >= 0.3 is 0 Å². The molecular formula is C15H21NO4. The number of carbonyl (C=O) groups excluding carboxylic acids is 1. The number of phenols is 1. The Bertz CT molecular complexity index is 503. The van der Waals surface area contributed by atoms with Crippen LogP contribution in [0.25, 0.3) is 0 Å². The molecule has 5 nitrogen and oxygen atoms in total. The van der Waals surface area contributed by atoms with E-state index in [4.69, 9.17) is 4.74 Å². The van der Waals surface area contributed by atoms with Crippen molar-refractivity contribution in [3.63, 3.8) is 0 Å². The van der Waals surface area contributed by atoms with E-state index in [0.717, 1.165) is 12.0 Å². The molecule has 1 aromatic carbocycles. The second-order valence-electron chi connectivity index (χ2n) is 5.70. The largest absolute Gasteiger partial charge is 0.504 e. The molecule has 110 valence electrons. The number of amides is 1. The molecule has 1 aliphatic rings. The Morgan fingerprint density at radius 1 is 1.55 bits per heavy atom. The minimum Gasteiger partial charge on any atom is -0.504 e. The Kier molecular flexibility index (Phi) is 3.90. The standard InChI is InChI=1S/C15H21NO4/c1-10(18)15(2)8-16(9-17)7-12(15)11-4-5-14(20-3)13(19)6-11/h4-6,9-10,12,18-19H,7-8H2,1-3H3/t10-,12+,15+/m1/s1. The topological polar surface area (TPSA) is 70.0 Å². The van der Waals surface area contributed by atoms with Crippen molar-refractivity contribution in [1.29, 1.82) is 0 Å². The SMILES string of the molecule is COc1ccc([C@@H]2CN(C=O)C[C@@]2(C)[C@@H](C)O)cc1O. The average Bonchev–Trinajstić information content (AvgIpc) is 2.77. The molecular weight excluding hydrogens is 258 g/mol. The summed E-state index contributed by atoms with van der Waals surface area (Å²) in [5.41, 5.74) is 0.470. The number of aromatic hydroxyl groups is 1. The molecule has 2 rings (SSSR count). The van der Waals surface area contributed by atoms with Crippen molar-refractivity contribution < 1.29 is 19.7 Å². The minimum absolute atomic E-state index is 0.0236. The maximum absolute atomic E-state index is 11.0. The van der Waals surface area contributed by atoms with Crippen molar-refractivity contribution in [2.75, 3.05) is 20.2 Å². The fourth-order valence-electron chi connectivity index (χ4n) is 2.97. The van der Waals surface area contributed by atoms with Gasteiger partial charge in [0.15, 0.2) is 11.5 Å². The molecule has 3 atom stereocenters. The summed E-state index contributed by atoms with van der Waals surface area (Å²) in [4.78, 5) is 12.7. The first-order valence-corrected chi connectivity index (χ1v) is 6.66. The zero-order valence-corrected chi connectivity index (χ0v) is 12.0. The average molecular weight is 279 g/mol. The molecule has 0 aliphatic carbocycles. The van der Waals surface area contributed by atoms with Crippen LogP contribution in [0.3, 0.4) is 0 Å². The summed E-state index contributed by atoms with van der Waals surface area (Å²) in [6.45, 7) is 4.75. The number of benzene rings is 1. The summed E-state index contributed by atoms with van der Waals surface area (Å²) in [5.74, 6) is 0.463. The molecule has 20 heavy (non-hydrogen) atoms. The lowest BCUT2D eigenvalue weighted by molar-refractivity contribution is -0.117. The number of nitrogens with zero attached hydrogens (tertiary/aromatic N) is 1. The van der Waals surface area contributed by atoms with Crippen LogP contribution in [0.2, 0.25) is 0 Å². The molecule has 5 heteroatoms. The summed E-state index contributed by atoms with van der Waals surface area (Å²) in [7, 11) is 1.50. The minimum atomic E-state index is -0.554. The summed E-state index contributed by atoms with van der Waals surface area (Å²) in [6, 6.07) is 5.23. The molecule has 0 spiro atoms. The van der Waals surface area contributed by atoms with Crippen LogP contribution in [0.5, 0.6) is 11.5 Å². The first-order valence-electron chi connectivity index (χ1n) is 6.66. The van der Waals surface area contributed by atoms with Gasteiger partial charge in [0.2, 0.25) is 6.41 Å². The third-order valence-corrected chi connectivity index (χ3v) is 4.47. The molecule has 0 unspecified atom stereocenters. The number of aliphatic hydroxyl groups is 1. The fraction of sp³-hybridized carbons (Fsp3) is 0.533. The van der Waals surface area contributed by atoms with Crippen molar-refractivity contribution in [1.82, 2.24) is 4.90 Å². The van der Waals surface area contributed by atoms with Crippen LogP contribution >= 0.6 is 0 Å². The quantitative estimate of drug-likeness (QED) is 0.816. The molecule has 1 aliphatic heterocycles. The predicted molar refractivity (Wildman–Crippen MR) is 74.8 cm³/mol. The first kappa shape index (κ1) is 14.7. The number of ether oxygens (including phenoxy) is 1. The maximum Gasteiger partial charge on any atom is 0.209 e. The summed E-state index contributed by atoms with van der Waals surface area (Å²) in [5, 5.41) is 20.0. The monoisotopic (exact) mass is 279 g/mol. The lowest BCUT2D eigenvalue weighted by atomic mass is 9.72. The van der Waals surface area contributed by atoms with Gasteiger partial charge in [-0.05, 0) is 24.6 Å². The van der Waals surface area contributed by atoms with E-state index < -0.39 is 11.5 Å². The van der Waals surface area contributed by atoms with Crippen LogP contribution in [0, 0.1) is 5.41 Å². The van der Waals surface area contributed by atoms with E-state index in [1.165, 1.54) is 7.11 Å². The summed E-state index contributed by atoms with van der Waals surface area (Å²) in [6.07, 6.45) is 0.256. The second-order valence-corrected chi connectivity index (χ2v) is 5.70. The van der Waals surface area contributed by atoms with E-state index in [2.05, 4.69) is 0 Å². The number of carbonyl (C=O) groups is 1. The van der Waals surface area contributed by atoms with Gasteiger partial charge in [-0.2, -0.15) is 0 Å². The van der Waals surface area contributed by atoms with Crippen molar-refractivity contribution >= 4 is 6.41 Å². The van der Waals surface area contributed by atoms with Crippen LogP contribution in [0.1, 0.15) is 25.3 Å². The predicted octanol–water partition coefficient (Wildman–Crippen LogP) is 1.34. The molecule has 0 radical (unpaired) electrons. The van der Waals surface area contributed by atoms with E-state index in [0.29, 0.717) is 18.8 Å². The van der Waals surface area contributed by atoms with Gasteiger partial charge in [-0.3, -0.25) is 4.79 Å². The van der Waals surface area contributed by atoms with Crippen LogP contribution < -0.4 is 4.74 Å². The van der Waals surface area contributed by atoms with Crippen molar-refractivity contribution in [3.05, 3.63) is 23.8 Å².